The van der Waals surface area contributed by atoms with Crippen molar-refractivity contribution in [2.24, 2.45) is 0 Å². The molecule has 2 aromatic rings. The topological polar surface area (TPSA) is 73.6 Å². The maximum Gasteiger partial charge on any atom is 0.137 e. The Kier molecular flexibility index (Phi) is 4.75. The standard InChI is InChI=1S/C21H15N3S/c1-14-2-9-21-20(10-14)19(16(12-22)13-23)11-18(25-21)8-5-15-3-6-17(24)7-4-15/h2-11H,24H2,1H3/b8-5+. The van der Waals surface area contributed by atoms with Crippen molar-refractivity contribution in [2.45, 2.75) is 11.8 Å². The second-order valence-corrected chi connectivity index (χ2v) is 6.78. The molecule has 2 aromatic carbocycles. The summed E-state index contributed by atoms with van der Waals surface area (Å²) >= 11 is 1.63. The third-order valence-electron chi connectivity index (χ3n) is 3.81. The summed E-state index contributed by atoms with van der Waals surface area (Å²) in [4.78, 5) is 2.02. The van der Waals surface area contributed by atoms with Crippen LogP contribution in [0.15, 0.2) is 70.0 Å². The van der Waals surface area contributed by atoms with Gasteiger partial charge in [0.1, 0.15) is 17.7 Å². The average molecular weight is 341 g/mol. The van der Waals surface area contributed by atoms with Crippen molar-refractivity contribution < 1.29 is 0 Å². The molecule has 25 heavy (non-hydrogen) atoms. The van der Waals surface area contributed by atoms with Crippen LogP contribution in [-0.2, 0) is 0 Å². The fourth-order valence-electron chi connectivity index (χ4n) is 2.54. The molecule has 4 heteroatoms. The van der Waals surface area contributed by atoms with E-state index in [2.05, 4.69) is 0 Å². The Bertz CT molecular complexity index is 981. The van der Waals surface area contributed by atoms with Gasteiger partial charge in [0.2, 0.25) is 0 Å². The van der Waals surface area contributed by atoms with Gasteiger partial charge in [-0.2, -0.15) is 10.5 Å². The summed E-state index contributed by atoms with van der Waals surface area (Å²) in [6.45, 7) is 2.00. The summed E-state index contributed by atoms with van der Waals surface area (Å²) < 4.78 is 0. The van der Waals surface area contributed by atoms with Crippen molar-refractivity contribution in [1.29, 1.82) is 10.5 Å². The number of allylic oxidation sites excluding steroid dienone is 4. The fourth-order valence-corrected chi connectivity index (χ4v) is 3.52. The molecule has 0 bridgehead atoms. The molecular formula is C21H15N3S. The maximum absolute atomic E-state index is 9.30. The predicted molar refractivity (Wildman–Crippen MR) is 103 cm³/mol. The molecule has 1 heterocycles. The number of hydrogen-bond donors (Lipinski definition) is 1. The Balaban J connectivity index is 2.04. The monoisotopic (exact) mass is 341 g/mol. The van der Waals surface area contributed by atoms with E-state index in [4.69, 9.17) is 5.73 Å². The third kappa shape index (κ3) is 3.66. The van der Waals surface area contributed by atoms with Crippen molar-refractivity contribution >= 4 is 29.1 Å². The lowest BCUT2D eigenvalue weighted by atomic mass is 9.98. The maximum atomic E-state index is 9.30. The normalized spacial score (nSPS) is 12.9. The van der Waals surface area contributed by atoms with Gasteiger partial charge >= 0.3 is 0 Å². The summed E-state index contributed by atoms with van der Waals surface area (Å²) in [6, 6.07) is 17.7. The summed E-state index contributed by atoms with van der Waals surface area (Å²) in [5.41, 5.74) is 10.3. The number of rotatable bonds is 2. The van der Waals surface area contributed by atoms with Crippen molar-refractivity contribution in [3.8, 4) is 12.1 Å². The van der Waals surface area contributed by atoms with Gasteiger partial charge in [-0.25, -0.2) is 0 Å². The van der Waals surface area contributed by atoms with Crippen molar-refractivity contribution in [3.63, 3.8) is 0 Å². The smallest absolute Gasteiger partial charge is 0.137 e. The zero-order chi connectivity index (χ0) is 17.8. The molecule has 0 radical (unpaired) electrons. The molecule has 0 unspecified atom stereocenters. The molecule has 0 fully saturated rings. The van der Waals surface area contributed by atoms with Gasteiger partial charge in [-0.3, -0.25) is 0 Å². The molecule has 0 aliphatic carbocycles. The fraction of sp³-hybridized carbons (Fsp3) is 0.0476. The van der Waals surface area contributed by atoms with Crippen molar-refractivity contribution in [1.82, 2.24) is 0 Å². The van der Waals surface area contributed by atoms with Crippen LogP contribution >= 0.6 is 11.8 Å². The Morgan fingerprint density at radius 3 is 2.44 bits per heavy atom. The highest BCUT2D eigenvalue weighted by Crippen LogP contribution is 2.42. The van der Waals surface area contributed by atoms with E-state index in [0.717, 1.165) is 32.2 Å². The summed E-state index contributed by atoms with van der Waals surface area (Å²) in [7, 11) is 0. The van der Waals surface area contributed by atoms with E-state index in [1.165, 1.54) is 0 Å². The molecular weight excluding hydrogens is 326 g/mol. The SMILES string of the molecule is Cc1ccc2c(c1)C(=C(C#N)C#N)C=C(/C=C/c1ccc(N)cc1)S2. The Morgan fingerprint density at radius 1 is 1.04 bits per heavy atom. The van der Waals surface area contributed by atoms with Crippen LogP contribution in [-0.4, -0.2) is 0 Å². The Labute approximate surface area is 151 Å². The van der Waals surface area contributed by atoms with Crippen LogP contribution in [0.5, 0.6) is 0 Å². The number of nitrogens with two attached hydrogens (primary N) is 1. The van der Waals surface area contributed by atoms with Crippen LogP contribution in [0.2, 0.25) is 0 Å². The summed E-state index contributed by atoms with van der Waals surface area (Å²) in [5, 5.41) is 18.6. The number of fused-ring (bicyclic) bond motifs is 1. The molecule has 0 spiro atoms. The minimum Gasteiger partial charge on any atom is -0.399 e. The number of thioether (sulfide) groups is 1. The van der Waals surface area contributed by atoms with Gasteiger partial charge in [0.15, 0.2) is 0 Å². The quantitative estimate of drug-likeness (QED) is 0.610. The summed E-state index contributed by atoms with van der Waals surface area (Å²) in [6.07, 6.45) is 5.89. The minimum atomic E-state index is 0.130. The third-order valence-corrected chi connectivity index (χ3v) is 4.87. The lowest BCUT2D eigenvalue weighted by Crippen LogP contribution is -1.96. The number of nitriles is 2. The highest BCUT2D eigenvalue weighted by molar-refractivity contribution is 8.03. The number of nitrogens with zero attached hydrogens (tertiary/aromatic N) is 2. The van der Waals surface area contributed by atoms with E-state index >= 15 is 0 Å². The van der Waals surface area contributed by atoms with Gasteiger partial charge in [0.25, 0.3) is 0 Å². The van der Waals surface area contributed by atoms with Gasteiger partial charge in [0.05, 0.1) is 0 Å². The number of anilines is 1. The first-order chi connectivity index (χ1) is 12.1. The zero-order valence-electron chi connectivity index (χ0n) is 13.7. The van der Waals surface area contributed by atoms with Crippen LogP contribution in [0.25, 0.3) is 11.6 Å². The van der Waals surface area contributed by atoms with Crippen LogP contribution in [0.3, 0.4) is 0 Å². The molecule has 0 amide bonds. The highest BCUT2D eigenvalue weighted by Gasteiger charge is 2.18. The molecule has 2 N–H and O–H groups in total. The number of aryl methyl sites for hydroxylation is 1. The molecule has 0 saturated heterocycles. The first kappa shape index (κ1) is 16.6. The molecule has 0 atom stereocenters. The summed E-state index contributed by atoms with van der Waals surface area (Å²) in [5.74, 6) is 0. The van der Waals surface area contributed by atoms with Gasteiger partial charge in [-0.1, -0.05) is 47.7 Å². The molecule has 3 rings (SSSR count). The van der Waals surface area contributed by atoms with E-state index in [9.17, 15) is 10.5 Å². The predicted octanol–water partition coefficient (Wildman–Crippen LogP) is 5.08. The highest BCUT2D eigenvalue weighted by atomic mass is 32.2. The minimum absolute atomic E-state index is 0.130. The van der Waals surface area contributed by atoms with Crippen LogP contribution in [0.4, 0.5) is 5.69 Å². The number of nitrogen functional groups attached to an aromatic ring is 1. The Hall–Kier alpha value is -3.21. The van der Waals surface area contributed by atoms with Gasteiger partial charge in [0, 0.05) is 21.1 Å². The van der Waals surface area contributed by atoms with Crippen molar-refractivity contribution in [3.05, 3.63) is 81.8 Å². The van der Waals surface area contributed by atoms with Crippen LogP contribution in [0, 0.1) is 29.6 Å². The molecule has 1 aliphatic rings. The van der Waals surface area contributed by atoms with E-state index < -0.39 is 0 Å². The zero-order valence-corrected chi connectivity index (χ0v) is 14.5. The van der Waals surface area contributed by atoms with E-state index in [0.29, 0.717) is 5.57 Å². The lowest BCUT2D eigenvalue weighted by molar-refractivity contribution is 1.32. The lowest BCUT2D eigenvalue weighted by Gasteiger charge is -2.18. The second kappa shape index (κ2) is 7.13. The van der Waals surface area contributed by atoms with E-state index in [1.807, 2.05) is 79.8 Å². The molecule has 120 valence electrons. The number of hydrogen-bond acceptors (Lipinski definition) is 4. The van der Waals surface area contributed by atoms with Crippen LogP contribution in [0.1, 0.15) is 16.7 Å². The van der Waals surface area contributed by atoms with Gasteiger partial charge in [-0.15, -0.1) is 0 Å². The molecule has 0 saturated carbocycles. The first-order valence-electron chi connectivity index (χ1n) is 7.69. The van der Waals surface area contributed by atoms with Crippen LogP contribution < -0.4 is 5.73 Å². The van der Waals surface area contributed by atoms with E-state index in [1.54, 1.807) is 11.8 Å². The van der Waals surface area contributed by atoms with Gasteiger partial charge in [-0.05, 0) is 48.4 Å². The molecule has 1 aliphatic heterocycles. The van der Waals surface area contributed by atoms with Crippen molar-refractivity contribution in [2.75, 3.05) is 5.73 Å². The average Bonchev–Trinajstić information content (AvgIpc) is 2.62. The largest absolute Gasteiger partial charge is 0.399 e. The first-order valence-corrected chi connectivity index (χ1v) is 8.51. The molecule has 0 aromatic heterocycles. The Morgan fingerprint density at radius 2 is 1.76 bits per heavy atom. The van der Waals surface area contributed by atoms with Gasteiger partial charge < -0.3 is 5.73 Å². The van der Waals surface area contributed by atoms with E-state index in [-0.39, 0.29) is 5.57 Å². The molecule has 3 nitrogen and oxygen atoms in total. The second-order valence-electron chi connectivity index (χ2n) is 5.66. The number of benzene rings is 2.